The lowest BCUT2D eigenvalue weighted by Gasteiger charge is -2.19. The number of carbonyl (C=O) groups excluding carboxylic acids is 1. The number of nitrogens with one attached hydrogen (secondary N) is 1. The van der Waals surface area contributed by atoms with Gasteiger partial charge in [0.05, 0.1) is 20.3 Å². The lowest BCUT2D eigenvalue weighted by atomic mass is 10.0. The highest BCUT2D eigenvalue weighted by Crippen LogP contribution is 2.26. The van der Waals surface area contributed by atoms with Crippen molar-refractivity contribution in [2.75, 3.05) is 14.2 Å². The molecule has 0 saturated carbocycles. The summed E-state index contributed by atoms with van der Waals surface area (Å²) in [5, 5.41) is 6.03. The first-order valence-corrected chi connectivity index (χ1v) is 8.76. The number of methoxy groups -OCH3 is 2. The number of rotatable bonds is 7. The maximum Gasteiger partial charge on any atom is 0.252 e. The minimum absolute atomic E-state index is 0.103. The number of ether oxygens (including phenoxy) is 2. The van der Waals surface area contributed by atoms with Crippen LogP contribution in [0.4, 0.5) is 0 Å². The summed E-state index contributed by atoms with van der Waals surface area (Å²) in [6.45, 7) is 6.23. The van der Waals surface area contributed by atoms with E-state index >= 15 is 0 Å². The second-order valence-corrected chi connectivity index (χ2v) is 6.97. The lowest BCUT2D eigenvalue weighted by molar-refractivity contribution is 0.0931. The third kappa shape index (κ3) is 4.71. The molecule has 1 heterocycles. The molecule has 1 atom stereocenters. The van der Waals surface area contributed by atoms with Crippen LogP contribution in [0.5, 0.6) is 11.5 Å². The SMILES string of the molecule is COc1cc(OC)cc(C(=O)NC(CC(C)C)c2nc(C)cs2)c1. The Balaban J connectivity index is 2.24. The quantitative estimate of drug-likeness (QED) is 0.822. The van der Waals surface area contributed by atoms with Crippen molar-refractivity contribution in [3.8, 4) is 11.5 Å². The van der Waals surface area contributed by atoms with Crippen LogP contribution in [0.2, 0.25) is 0 Å². The Morgan fingerprint density at radius 2 is 1.83 bits per heavy atom. The first kappa shape index (κ1) is 18.3. The van der Waals surface area contributed by atoms with Crippen molar-refractivity contribution < 1.29 is 14.3 Å². The van der Waals surface area contributed by atoms with E-state index in [1.165, 1.54) is 0 Å². The van der Waals surface area contributed by atoms with Crippen molar-refractivity contribution in [3.63, 3.8) is 0 Å². The average Bonchev–Trinajstić information content (AvgIpc) is 2.99. The highest BCUT2D eigenvalue weighted by atomic mass is 32.1. The number of aryl methyl sites for hydroxylation is 1. The molecule has 1 aromatic carbocycles. The van der Waals surface area contributed by atoms with Crippen LogP contribution in [-0.2, 0) is 0 Å². The van der Waals surface area contributed by atoms with E-state index in [0.717, 1.165) is 17.1 Å². The molecule has 5 nitrogen and oxygen atoms in total. The minimum atomic E-state index is -0.161. The number of benzene rings is 1. The highest BCUT2D eigenvalue weighted by molar-refractivity contribution is 7.09. The van der Waals surface area contributed by atoms with Crippen LogP contribution in [0.3, 0.4) is 0 Å². The fourth-order valence-corrected chi connectivity index (χ4v) is 3.27. The first-order chi connectivity index (χ1) is 11.4. The van der Waals surface area contributed by atoms with Crippen LogP contribution in [0, 0.1) is 12.8 Å². The van der Waals surface area contributed by atoms with E-state index in [0.29, 0.717) is 23.0 Å². The van der Waals surface area contributed by atoms with Crippen molar-refractivity contribution in [2.24, 2.45) is 5.92 Å². The molecule has 0 aliphatic carbocycles. The summed E-state index contributed by atoms with van der Waals surface area (Å²) in [4.78, 5) is 17.2. The molecule has 6 heteroatoms. The van der Waals surface area contributed by atoms with Crippen molar-refractivity contribution in [3.05, 3.63) is 39.8 Å². The molecular weight excluding hydrogens is 324 g/mol. The van der Waals surface area contributed by atoms with Gasteiger partial charge in [0.25, 0.3) is 5.91 Å². The van der Waals surface area contributed by atoms with Gasteiger partial charge in [-0.3, -0.25) is 4.79 Å². The van der Waals surface area contributed by atoms with Gasteiger partial charge in [0.1, 0.15) is 16.5 Å². The number of hydrogen-bond donors (Lipinski definition) is 1. The molecular formula is C18H24N2O3S. The van der Waals surface area contributed by atoms with E-state index in [1.807, 2.05) is 12.3 Å². The van der Waals surface area contributed by atoms with Gasteiger partial charge in [0, 0.05) is 22.7 Å². The molecule has 0 aliphatic rings. The molecule has 0 spiro atoms. The van der Waals surface area contributed by atoms with Crippen LogP contribution in [-0.4, -0.2) is 25.1 Å². The van der Waals surface area contributed by atoms with Gasteiger partial charge in [0.15, 0.2) is 0 Å². The third-order valence-electron chi connectivity index (χ3n) is 3.56. The van der Waals surface area contributed by atoms with Crippen LogP contribution in [0.15, 0.2) is 23.6 Å². The van der Waals surface area contributed by atoms with Crippen LogP contribution >= 0.6 is 11.3 Å². The van der Waals surface area contributed by atoms with Crippen LogP contribution in [0.25, 0.3) is 0 Å². The summed E-state index contributed by atoms with van der Waals surface area (Å²) >= 11 is 1.58. The maximum absolute atomic E-state index is 12.7. The molecule has 0 fully saturated rings. The summed E-state index contributed by atoms with van der Waals surface area (Å²) < 4.78 is 10.5. The number of hydrogen-bond acceptors (Lipinski definition) is 5. The first-order valence-electron chi connectivity index (χ1n) is 7.89. The minimum Gasteiger partial charge on any atom is -0.497 e. The zero-order chi connectivity index (χ0) is 17.7. The largest absolute Gasteiger partial charge is 0.497 e. The van der Waals surface area contributed by atoms with E-state index in [2.05, 4.69) is 24.1 Å². The number of amides is 1. The summed E-state index contributed by atoms with van der Waals surface area (Å²) in [5.74, 6) is 1.46. The normalized spacial score (nSPS) is 12.1. The zero-order valence-electron chi connectivity index (χ0n) is 14.8. The van der Waals surface area contributed by atoms with E-state index in [9.17, 15) is 4.79 Å². The molecule has 2 rings (SSSR count). The number of aromatic nitrogens is 1. The Hall–Kier alpha value is -2.08. The average molecular weight is 348 g/mol. The van der Waals surface area contributed by atoms with Gasteiger partial charge < -0.3 is 14.8 Å². The third-order valence-corrected chi connectivity index (χ3v) is 4.64. The second kappa shape index (κ2) is 8.15. The second-order valence-electron chi connectivity index (χ2n) is 6.08. The molecule has 24 heavy (non-hydrogen) atoms. The lowest BCUT2D eigenvalue weighted by Crippen LogP contribution is -2.29. The number of nitrogens with zero attached hydrogens (tertiary/aromatic N) is 1. The predicted octanol–water partition coefficient (Wildman–Crippen LogP) is 3.99. The molecule has 0 radical (unpaired) electrons. The van der Waals surface area contributed by atoms with Gasteiger partial charge in [-0.2, -0.15) is 0 Å². The summed E-state index contributed by atoms with van der Waals surface area (Å²) in [6.07, 6.45) is 0.833. The smallest absolute Gasteiger partial charge is 0.252 e. The zero-order valence-corrected chi connectivity index (χ0v) is 15.6. The number of carbonyl (C=O) groups is 1. The molecule has 130 valence electrons. The van der Waals surface area contributed by atoms with Gasteiger partial charge in [-0.05, 0) is 31.4 Å². The Kier molecular flexibility index (Phi) is 6.20. The van der Waals surface area contributed by atoms with Crippen molar-refractivity contribution in [2.45, 2.75) is 33.2 Å². The fourth-order valence-electron chi connectivity index (χ4n) is 2.41. The van der Waals surface area contributed by atoms with E-state index in [4.69, 9.17) is 9.47 Å². The van der Waals surface area contributed by atoms with Gasteiger partial charge in [0.2, 0.25) is 0 Å². The standard InChI is InChI=1S/C18H24N2O3S/c1-11(2)6-16(18-19-12(3)10-24-18)20-17(21)13-7-14(22-4)9-15(8-13)23-5/h7-11,16H,6H2,1-5H3,(H,20,21). The molecule has 0 aliphatic heterocycles. The molecule has 1 aromatic heterocycles. The number of thiazole rings is 1. The van der Waals surface area contributed by atoms with E-state index < -0.39 is 0 Å². The molecule has 0 bridgehead atoms. The Labute approximate surface area is 147 Å². The molecule has 1 amide bonds. The molecule has 1 unspecified atom stereocenters. The van der Waals surface area contributed by atoms with Crippen molar-refractivity contribution in [1.82, 2.24) is 10.3 Å². The van der Waals surface area contributed by atoms with Crippen molar-refractivity contribution >= 4 is 17.2 Å². The summed E-state index contributed by atoms with van der Waals surface area (Å²) in [6, 6.07) is 5.05. The van der Waals surface area contributed by atoms with E-state index in [1.54, 1.807) is 43.8 Å². The molecule has 0 saturated heterocycles. The van der Waals surface area contributed by atoms with Gasteiger partial charge in [-0.15, -0.1) is 11.3 Å². The van der Waals surface area contributed by atoms with Gasteiger partial charge in [-0.25, -0.2) is 4.98 Å². The summed E-state index contributed by atoms with van der Waals surface area (Å²) in [7, 11) is 3.13. The fraction of sp³-hybridized carbons (Fsp3) is 0.444. The monoisotopic (exact) mass is 348 g/mol. The van der Waals surface area contributed by atoms with Gasteiger partial charge in [-0.1, -0.05) is 13.8 Å². The summed E-state index contributed by atoms with van der Waals surface area (Å²) in [5.41, 5.74) is 1.48. The van der Waals surface area contributed by atoms with E-state index in [-0.39, 0.29) is 11.9 Å². The molecule has 2 aromatic rings. The van der Waals surface area contributed by atoms with Crippen molar-refractivity contribution in [1.29, 1.82) is 0 Å². The molecule has 1 N–H and O–H groups in total. The Morgan fingerprint density at radius 1 is 1.21 bits per heavy atom. The van der Waals surface area contributed by atoms with Gasteiger partial charge >= 0.3 is 0 Å². The topological polar surface area (TPSA) is 60.5 Å². The predicted molar refractivity (Wildman–Crippen MR) is 96.1 cm³/mol. The maximum atomic E-state index is 12.7. The Bertz CT molecular complexity index is 675. The highest BCUT2D eigenvalue weighted by Gasteiger charge is 2.20. The van der Waals surface area contributed by atoms with Crippen LogP contribution < -0.4 is 14.8 Å². The van der Waals surface area contributed by atoms with Crippen LogP contribution in [0.1, 0.15) is 47.4 Å². The Morgan fingerprint density at radius 3 is 2.29 bits per heavy atom.